The third-order valence-corrected chi connectivity index (χ3v) is 4.85. The molecular weight excluding hydrogens is 288 g/mol. The highest BCUT2D eigenvalue weighted by Crippen LogP contribution is 2.31. The first-order valence-electron chi connectivity index (χ1n) is 7.33. The maximum atomic E-state index is 12.6. The van der Waals surface area contributed by atoms with Gasteiger partial charge in [0.1, 0.15) is 0 Å². The smallest absolute Gasteiger partial charge is 0.295 e. The number of aromatic nitrogens is 2. The van der Waals surface area contributed by atoms with Crippen molar-refractivity contribution < 1.29 is 4.79 Å². The zero-order valence-corrected chi connectivity index (χ0v) is 13.1. The van der Waals surface area contributed by atoms with Gasteiger partial charge in [-0.15, -0.1) is 11.6 Å². The number of fused-ring (bicyclic) bond motifs is 2. The van der Waals surface area contributed by atoms with Crippen molar-refractivity contribution in [2.24, 2.45) is 20.0 Å². The highest BCUT2D eigenvalue weighted by atomic mass is 35.5. The Kier molecular flexibility index (Phi) is 3.66. The number of carbonyl (C=O) groups is 1. The van der Waals surface area contributed by atoms with Gasteiger partial charge in [0, 0.05) is 31.5 Å². The summed E-state index contributed by atoms with van der Waals surface area (Å²) < 4.78 is 3.24. The molecule has 1 aromatic carbocycles. The van der Waals surface area contributed by atoms with Gasteiger partial charge in [0.25, 0.3) is 0 Å². The van der Waals surface area contributed by atoms with E-state index in [2.05, 4.69) is 0 Å². The second kappa shape index (κ2) is 5.34. The summed E-state index contributed by atoms with van der Waals surface area (Å²) in [6.07, 6.45) is 3.51. The van der Waals surface area contributed by atoms with Gasteiger partial charge < -0.3 is 0 Å². The predicted octanol–water partition coefficient (Wildman–Crippen LogP) is 2.64. The van der Waals surface area contributed by atoms with Gasteiger partial charge >= 0.3 is 5.69 Å². The number of ketones is 1. The Hall–Kier alpha value is -1.55. The number of hydrogen-bond donors (Lipinski definition) is 0. The summed E-state index contributed by atoms with van der Waals surface area (Å²) in [5.74, 6) is 0.886. The molecule has 1 unspecified atom stereocenters. The molecule has 1 heterocycles. The van der Waals surface area contributed by atoms with Gasteiger partial charge in [-0.2, -0.15) is 0 Å². The fraction of sp³-hybridized carbons (Fsp3) is 0.500. The van der Waals surface area contributed by atoms with Crippen LogP contribution in [0, 0.1) is 5.92 Å². The summed E-state index contributed by atoms with van der Waals surface area (Å²) in [6, 6.07) is 3.89. The molecule has 1 atom stereocenters. The summed E-state index contributed by atoms with van der Waals surface area (Å²) in [4.78, 5) is 24.6. The van der Waals surface area contributed by atoms with Crippen molar-refractivity contribution in [3.05, 3.63) is 33.7 Å². The molecule has 0 amide bonds. The van der Waals surface area contributed by atoms with Crippen molar-refractivity contribution in [2.45, 2.75) is 25.7 Å². The third-order valence-electron chi connectivity index (χ3n) is 4.58. The Bertz CT molecular complexity index is 773. The number of halogens is 1. The fourth-order valence-corrected chi connectivity index (χ4v) is 3.46. The monoisotopic (exact) mass is 306 g/mol. The van der Waals surface area contributed by atoms with E-state index in [1.54, 1.807) is 23.2 Å². The summed E-state index contributed by atoms with van der Waals surface area (Å²) in [5.41, 5.74) is 3.52. The third kappa shape index (κ3) is 2.22. The summed E-state index contributed by atoms with van der Waals surface area (Å²) in [6.45, 7) is 0. The molecule has 1 aromatic heterocycles. The van der Waals surface area contributed by atoms with E-state index in [-0.39, 0.29) is 17.4 Å². The van der Waals surface area contributed by atoms with Crippen LogP contribution in [0.15, 0.2) is 16.9 Å². The highest BCUT2D eigenvalue weighted by Gasteiger charge is 2.28. The van der Waals surface area contributed by atoms with Crippen LogP contribution < -0.4 is 5.69 Å². The van der Waals surface area contributed by atoms with E-state index in [0.717, 1.165) is 47.8 Å². The molecule has 0 radical (unpaired) electrons. The van der Waals surface area contributed by atoms with Crippen molar-refractivity contribution in [2.75, 3.05) is 5.88 Å². The van der Waals surface area contributed by atoms with E-state index in [9.17, 15) is 9.59 Å². The van der Waals surface area contributed by atoms with Crippen LogP contribution in [0.1, 0.15) is 35.2 Å². The number of Topliss-reactive ketones (excluding diaryl/α,β-unsaturated/α-hetero) is 1. The van der Waals surface area contributed by atoms with Crippen molar-refractivity contribution in [1.29, 1.82) is 0 Å². The first-order valence-corrected chi connectivity index (χ1v) is 7.86. The normalized spacial score (nSPS) is 18.2. The lowest BCUT2D eigenvalue weighted by Gasteiger charge is -2.23. The second-order valence-corrected chi connectivity index (χ2v) is 6.21. The lowest BCUT2D eigenvalue weighted by atomic mass is 9.80. The molecule has 0 N–H and O–H groups in total. The number of benzene rings is 1. The van der Waals surface area contributed by atoms with E-state index >= 15 is 0 Å². The summed E-state index contributed by atoms with van der Waals surface area (Å²) in [5, 5.41) is 0. The van der Waals surface area contributed by atoms with Gasteiger partial charge in [0.2, 0.25) is 0 Å². The number of rotatable bonds is 3. The van der Waals surface area contributed by atoms with E-state index in [4.69, 9.17) is 11.6 Å². The van der Waals surface area contributed by atoms with E-state index < -0.39 is 0 Å². The molecule has 3 rings (SSSR count). The second-order valence-electron chi connectivity index (χ2n) is 5.83. The quantitative estimate of drug-likeness (QED) is 0.818. The van der Waals surface area contributed by atoms with Gasteiger partial charge in [0.05, 0.1) is 11.0 Å². The molecule has 0 fully saturated rings. The molecule has 112 valence electrons. The topological polar surface area (TPSA) is 44.0 Å². The van der Waals surface area contributed by atoms with Crippen LogP contribution in [-0.2, 0) is 20.5 Å². The molecule has 0 saturated carbocycles. The maximum absolute atomic E-state index is 12.6. The fourth-order valence-electron chi connectivity index (χ4n) is 3.30. The molecule has 21 heavy (non-hydrogen) atoms. The summed E-state index contributed by atoms with van der Waals surface area (Å²) in [7, 11) is 3.51. The Morgan fingerprint density at radius 1 is 1.19 bits per heavy atom. The minimum atomic E-state index is -0.0570. The van der Waals surface area contributed by atoms with Crippen LogP contribution in [-0.4, -0.2) is 20.8 Å². The first-order chi connectivity index (χ1) is 10.0. The Morgan fingerprint density at radius 3 is 2.52 bits per heavy atom. The zero-order chi connectivity index (χ0) is 15.1. The molecule has 5 heteroatoms. The molecule has 1 aliphatic carbocycles. The summed E-state index contributed by atoms with van der Waals surface area (Å²) >= 11 is 5.74. The number of imidazole rings is 1. The molecular formula is C16H19ClN2O2. The Morgan fingerprint density at radius 2 is 1.86 bits per heavy atom. The Labute approximate surface area is 128 Å². The molecule has 0 saturated heterocycles. The number of nitrogens with zero attached hydrogens (tertiary/aromatic N) is 2. The molecule has 2 aromatic rings. The molecule has 0 spiro atoms. The van der Waals surface area contributed by atoms with E-state index in [1.807, 2.05) is 12.1 Å². The van der Waals surface area contributed by atoms with Crippen LogP contribution in [0.3, 0.4) is 0 Å². The first kappa shape index (κ1) is 14.4. The SMILES string of the molecule is Cn1c(=O)n(C)c2cc3c(cc21)CCC(CCCCl)C3=O. The minimum absolute atomic E-state index is 0.0570. The Balaban J connectivity index is 2.10. The van der Waals surface area contributed by atoms with Gasteiger partial charge in [0.15, 0.2) is 5.78 Å². The molecule has 4 nitrogen and oxygen atoms in total. The lowest BCUT2D eigenvalue weighted by Crippen LogP contribution is -2.22. The van der Waals surface area contributed by atoms with Crippen molar-refractivity contribution in [3.8, 4) is 0 Å². The van der Waals surface area contributed by atoms with Crippen molar-refractivity contribution in [3.63, 3.8) is 0 Å². The predicted molar refractivity (Wildman–Crippen MR) is 84.3 cm³/mol. The van der Waals surface area contributed by atoms with Gasteiger partial charge in [-0.05, 0) is 43.4 Å². The average Bonchev–Trinajstić information content (AvgIpc) is 2.70. The van der Waals surface area contributed by atoms with Crippen LogP contribution in [0.5, 0.6) is 0 Å². The maximum Gasteiger partial charge on any atom is 0.328 e. The van der Waals surface area contributed by atoms with Gasteiger partial charge in [-0.3, -0.25) is 13.9 Å². The van der Waals surface area contributed by atoms with E-state index in [0.29, 0.717) is 5.88 Å². The average molecular weight is 307 g/mol. The minimum Gasteiger partial charge on any atom is -0.295 e. The van der Waals surface area contributed by atoms with Crippen LogP contribution in [0.2, 0.25) is 0 Å². The van der Waals surface area contributed by atoms with E-state index in [1.165, 1.54) is 0 Å². The number of hydrogen-bond acceptors (Lipinski definition) is 2. The van der Waals surface area contributed by atoms with Crippen LogP contribution >= 0.6 is 11.6 Å². The van der Waals surface area contributed by atoms with Crippen LogP contribution in [0.25, 0.3) is 11.0 Å². The molecule has 0 bridgehead atoms. The molecule has 1 aliphatic rings. The largest absolute Gasteiger partial charge is 0.328 e. The van der Waals surface area contributed by atoms with Crippen LogP contribution in [0.4, 0.5) is 0 Å². The lowest BCUT2D eigenvalue weighted by molar-refractivity contribution is 0.0894. The number of carbonyl (C=O) groups excluding carboxylic acids is 1. The van der Waals surface area contributed by atoms with Crippen molar-refractivity contribution in [1.82, 2.24) is 9.13 Å². The molecule has 0 aliphatic heterocycles. The standard InChI is InChI=1S/C16H19ClN2O2/c1-18-13-8-11-6-5-10(4-3-7-17)15(20)12(11)9-14(13)19(2)16(18)21/h8-10H,3-7H2,1-2H3. The van der Waals surface area contributed by atoms with Crippen molar-refractivity contribution >= 4 is 28.4 Å². The van der Waals surface area contributed by atoms with Gasteiger partial charge in [-0.25, -0.2) is 4.79 Å². The number of alkyl halides is 1. The highest BCUT2D eigenvalue weighted by molar-refractivity contribution is 6.17. The van der Waals surface area contributed by atoms with Gasteiger partial charge in [-0.1, -0.05) is 0 Å². The zero-order valence-electron chi connectivity index (χ0n) is 12.4. The number of aryl methyl sites for hydroxylation is 3.